The van der Waals surface area contributed by atoms with Gasteiger partial charge in [0.25, 0.3) is 0 Å². The van der Waals surface area contributed by atoms with Crippen LogP contribution in [-0.2, 0) is 20.6 Å². The van der Waals surface area contributed by atoms with Crippen molar-refractivity contribution in [3.63, 3.8) is 0 Å². The van der Waals surface area contributed by atoms with E-state index < -0.39 is 23.2 Å². The van der Waals surface area contributed by atoms with Crippen LogP contribution >= 0.6 is 0 Å². The minimum absolute atomic E-state index is 0.0521. The molecule has 8 nitrogen and oxygen atoms in total. The van der Waals surface area contributed by atoms with Crippen molar-refractivity contribution in [2.45, 2.75) is 76.5 Å². The Bertz CT molecular complexity index is 2010. The zero-order valence-electron chi connectivity index (χ0n) is 29.2. The highest BCUT2D eigenvalue weighted by Crippen LogP contribution is 2.73. The van der Waals surface area contributed by atoms with Crippen LogP contribution < -0.4 is 9.47 Å². The van der Waals surface area contributed by atoms with Crippen molar-refractivity contribution < 1.29 is 39.0 Å². The number of phenolic OH excluding ortho intramolecular Hbond substituents is 3. The highest BCUT2D eigenvalue weighted by atomic mass is 16.6. The van der Waals surface area contributed by atoms with E-state index in [1.165, 1.54) is 29.4 Å². The second-order valence-electron chi connectivity index (χ2n) is 14.3. The molecule has 3 N–H and O–H groups in total. The molecule has 0 radical (unpaired) electrons. The highest BCUT2D eigenvalue weighted by Gasteiger charge is 2.75. The minimum Gasteiger partial charge on any atom is -0.508 e. The van der Waals surface area contributed by atoms with E-state index in [1.54, 1.807) is 31.4 Å². The Balaban J connectivity index is 1.28. The largest absolute Gasteiger partial charge is 0.508 e. The van der Waals surface area contributed by atoms with Gasteiger partial charge < -0.3 is 39.0 Å². The van der Waals surface area contributed by atoms with Gasteiger partial charge in [-0.3, -0.25) is 0 Å². The van der Waals surface area contributed by atoms with Crippen molar-refractivity contribution in [1.82, 2.24) is 0 Å². The number of rotatable bonds is 7. The van der Waals surface area contributed by atoms with Crippen molar-refractivity contribution in [3.05, 3.63) is 123 Å². The Labute approximate surface area is 292 Å². The number of fused-ring (bicyclic) bond motifs is 1. The highest BCUT2D eigenvalue weighted by molar-refractivity contribution is 5.51. The van der Waals surface area contributed by atoms with E-state index in [9.17, 15) is 15.3 Å². The molecule has 260 valence electrons. The van der Waals surface area contributed by atoms with Gasteiger partial charge in [0.1, 0.15) is 29.7 Å². The Morgan fingerprint density at radius 2 is 1.32 bits per heavy atom. The first-order chi connectivity index (χ1) is 24.1. The average molecular weight is 677 g/mol. The molecule has 0 bridgehead atoms. The number of hydrogen-bond acceptors (Lipinski definition) is 8. The maximum absolute atomic E-state index is 11.0. The van der Waals surface area contributed by atoms with Crippen LogP contribution in [0.3, 0.4) is 0 Å². The van der Waals surface area contributed by atoms with Crippen LogP contribution in [0.5, 0.6) is 28.7 Å². The van der Waals surface area contributed by atoms with Gasteiger partial charge in [-0.25, -0.2) is 0 Å². The first-order valence-electron chi connectivity index (χ1n) is 17.4. The summed E-state index contributed by atoms with van der Waals surface area (Å²) >= 11 is 0. The summed E-state index contributed by atoms with van der Waals surface area (Å²) in [5.41, 5.74) is 8.55. The van der Waals surface area contributed by atoms with Gasteiger partial charge in [0.2, 0.25) is 0 Å². The van der Waals surface area contributed by atoms with Crippen LogP contribution in [0, 0.1) is 19.3 Å². The lowest BCUT2D eigenvalue weighted by Gasteiger charge is -2.42. The van der Waals surface area contributed by atoms with Crippen LogP contribution in [0.1, 0.15) is 89.5 Å². The molecule has 2 fully saturated rings. The third kappa shape index (κ3) is 4.91. The standard InChI is InChI=1S/C42H44O8/c1-6-25-7-8-26(17-23(25)2)38-31-21-41(16-15-30(31)37(49-38)27-9-12-32(43)24(3)18-27)39(28-11-14-35(46-4)34(45)19-28)50-40(42(41)22-48-42)29-10-13-33(44)36(20-29)47-5/h7-14,17-20,37-40,43-45H,6,15-16,21-22H2,1-5H3. The minimum atomic E-state index is -0.659. The normalized spacial score (nSPS) is 28.3. The predicted octanol–water partition coefficient (Wildman–Crippen LogP) is 8.56. The van der Waals surface area contributed by atoms with Gasteiger partial charge in [0, 0.05) is 5.41 Å². The Kier molecular flexibility index (Phi) is 7.90. The number of methoxy groups -OCH3 is 2. The summed E-state index contributed by atoms with van der Waals surface area (Å²) in [6.07, 6.45) is 1.75. The van der Waals surface area contributed by atoms with Crippen LogP contribution in [-0.4, -0.2) is 41.7 Å². The molecule has 3 heterocycles. The first-order valence-corrected chi connectivity index (χ1v) is 17.4. The van der Waals surface area contributed by atoms with Gasteiger partial charge in [-0.1, -0.05) is 43.3 Å². The number of ether oxygens (including phenoxy) is 5. The Morgan fingerprint density at radius 3 is 1.98 bits per heavy atom. The summed E-state index contributed by atoms with van der Waals surface area (Å²) in [5.74, 6) is 1.15. The summed E-state index contributed by atoms with van der Waals surface area (Å²) in [6, 6.07) is 23.3. The molecule has 4 aromatic rings. The monoisotopic (exact) mass is 676 g/mol. The fourth-order valence-electron chi connectivity index (χ4n) is 9.03. The van der Waals surface area contributed by atoms with Crippen molar-refractivity contribution >= 4 is 0 Å². The van der Waals surface area contributed by atoms with E-state index in [2.05, 4.69) is 32.0 Å². The van der Waals surface area contributed by atoms with Crippen molar-refractivity contribution in [2.24, 2.45) is 5.41 Å². The summed E-state index contributed by atoms with van der Waals surface area (Å²) in [6.45, 7) is 6.77. The molecule has 2 saturated heterocycles. The molecule has 2 spiro atoms. The van der Waals surface area contributed by atoms with E-state index in [1.807, 2.05) is 37.3 Å². The lowest BCUT2D eigenvalue weighted by molar-refractivity contribution is 0.00311. The van der Waals surface area contributed by atoms with Crippen LogP contribution in [0.15, 0.2) is 83.9 Å². The number of hydrogen-bond donors (Lipinski definition) is 3. The van der Waals surface area contributed by atoms with Gasteiger partial charge in [-0.15, -0.1) is 0 Å². The molecule has 1 aliphatic carbocycles. The molecule has 8 rings (SSSR count). The molecule has 0 aromatic heterocycles. The molecule has 6 unspecified atom stereocenters. The number of benzene rings is 4. The summed E-state index contributed by atoms with van der Waals surface area (Å²) in [5, 5.41) is 31.8. The Hall–Kier alpha value is -4.50. The molecule has 4 aromatic carbocycles. The lowest BCUT2D eigenvalue weighted by atomic mass is 9.59. The number of phenols is 3. The number of epoxide rings is 1. The van der Waals surface area contributed by atoms with Gasteiger partial charge in [-0.05, 0) is 126 Å². The molecule has 4 aliphatic rings. The van der Waals surface area contributed by atoms with E-state index in [0.29, 0.717) is 24.5 Å². The molecule has 0 saturated carbocycles. The summed E-state index contributed by atoms with van der Waals surface area (Å²) < 4.78 is 31.8. The maximum atomic E-state index is 11.0. The molecular weight excluding hydrogens is 632 g/mol. The van der Waals surface area contributed by atoms with Gasteiger partial charge in [0.05, 0.1) is 26.9 Å². The molecule has 0 amide bonds. The van der Waals surface area contributed by atoms with Crippen LogP contribution in [0.4, 0.5) is 0 Å². The van der Waals surface area contributed by atoms with E-state index in [4.69, 9.17) is 23.7 Å². The van der Waals surface area contributed by atoms with E-state index in [-0.39, 0.29) is 29.5 Å². The van der Waals surface area contributed by atoms with Gasteiger partial charge >= 0.3 is 0 Å². The fraction of sp³-hybridized carbons (Fsp3) is 0.381. The van der Waals surface area contributed by atoms with Crippen LogP contribution in [0.2, 0.25) is 0 Å². The predicted molar refractivity (Wildman–Crippen MR) is 188 cm³/mol. The van der Waals surface area contributed by atoms with Crippen molar-refractivity contribution in [3.8, 4) is 28.7 Å². The molecule has 6 atom stereocenters. The second-order valence-corrected chi connectivity index (χ2v) is 14.3. The average Bonchev–Trinajstić information content (AvgIpc) is 3.78. The summed E-state index contributed by atoms with van der Waals surface area (Å²) in [4.78, 5) is 0. The van der Waals surface area contributed by atoms with Crippen molar-refractivity contribution in [2.75, 3.05) is 20.8 Å². The molecule has 3 aliphatic heterocycles. The van der Waals surface area contributed by atoms with Gasteiger partial charge in [-0.2, -0.15) is 0 Å². The Morgan fingerprint density at radius 1 is 0.680 bits per heavy atom. The smallest absolute Gasteiger partial charge is 0.160 e. The number of aryl methyl sites for hydroxylation is 3. The molecule has 50 heavy (non-hydrogen) atoms. The zero-order chi connectivity index (χ0) is 34.9. The zero-order valence-corrected chi connectivity index (χ0v) is 29.2. The summed E-state index contributed by atoms with van der Waals surface area (Å²) in [7, 11) is 3.08. The van der Waals surface area contributed by atoms with Crippen molar-refractivity contribution in [1.29, 1.82) is 0 Å². The number of aromatic hydroxyl groups is 3. The maximum Gasteiger partial charge on any atom is 0.160 e. The third-order valence-electron chi connectivity index (χ3n) is 11.7. The second kappa shape index (κ2) is 12.1. The van der Waals surface area contributed by atoms with Gasteiger partial charge in [0.15, 0.2) is 23.0 Å². The first kappa shape index (κ1) is 32.7. The van der Waals surface area contributed by atoms with E-state index >= 15 is 0 Å². The van der Waals surface area contributed by atoms with E-state index in [0.717, 1.165) is 47.1 Å². The lowest BCUT2D eigenvalue weighted by Crippen LogP contribution is -2.42. The topological polar surface area (TPSA) is 110 Å². The molecular formula is C42H44O8. The third-order valence-corrected chi connectivity index (χ3v) is 11.7. The van der Waals surface area contributed by atoms with Crippen LogP contribution in [0.25, 0.3) is 0 Å². The molecule has 8 heteroatoms. The quantitative estimate of drug-likeness (QED) is 0.132. The SMILES string of the molecule is CCc1ccc(C2OC(c3ccc(O)c(C)c3)C3=C2CC2(CC3)C(c3ccc(OC)c(O)c3)OC(c3ccc(O)c(OC)c3)C23CO3)cc1C. The fourth-order valence-corrected chi connectivity index (χ4v) is 9.03.